The number of nitrogens with zero attached hydrogens (tertiary/aromatic N) is 1. The Morgan fingerprint density at radius 3 is 2.41 bits per heavy atom. The summed E-state index contributed by atoms with van der Waals surface area (Å²) in [7, 11) is -4.65. The molecule has 1 saturated heterocycles. The van der Waals surface area contributed by atoms with E-state index in [1.807, 2.05) is 4.98 Å². The fourth-order valence-corrected chi connectivity index (χ4v) is 5.84. The van der Waals surface area contributed by atoms with Crippen molar-refractivity contribution in [2.45, 2.75) is 69.2 Å². The molecule has 1 aliphatic carbocycles. The third-order valence-corrected chi connectivity index (χ3v) is 7.71. The lowest BCUT2D eigenvalue weighted by Crippen LogP contribution is -2.51. The van der Waals surface area contributed by atoms with Gasteiger partial charge in [0.05, 0.1) is 6.10 Å². The van der Waals surface area contributed by atoms with Crippen LogP contribution in [-0.4, -0.2) is 61.0 Å². The van der Waals surface area contributed by atoms with E-state index in [9.17, 15) is 29.2 Å². The van der Waals surface area contributed by atoms with Crippen molar-refractivity contribution in [3.63, 3.8) is 0 Å². The first kappa shape index (κ1) is 27.2. The maximum absolute atomic E-state index is 15.9. The molecule has 2 aromatic rings. The lowest BCUT2D eigenvalue weighted by molar-refractivity contribution is -0.180. The zero-order valence-corrected chi connectivity index (χ0v) is 21.2. The Balaban J connectivity index is 1.62. The average Bonchev–Trinajstić information content (AvgIpc) is 3.19. The number of carbonyl (C=O) groups excluding carboxylic acids is 1. The number of benzene rings is 1. The van der Waals surface area contributed by atoms with Gasteiger partial charge in [-0.2, -0.15) is 5.09 Å². The number of ether oxygens (including phenoxy) is 2. The van der Waals surface area contributed by atoms with Crippen molar-refractivity contribution in [2.24, 2.45) is 0 Å². The van der Waals surface area contributed by atoms with Crippen molar-refractivity contribution in [3.05, 3.63) is 63.4 Å². The second-order valence-corrected chi connectivity index (χ2v) is 10.9. The molecule has 2 unspecified atom stereocenters. The molecule has 4 N–H and O–H groups in total. The number of alkyl halides is 1. The summed E-state index contributed by atoms with van der Waals surface area (Å²) in [5.41, 5.74) is -7.11. The van der Waals surface area contributed by atoms with E-state index in [0.717, 1.165) is 19.2 Å². The van der Waals surface area contributed by atoms with Gasteiger partial charge < -0.3 is 24.2 Å². The minimum Gasteiger partial charge on any atom is -0.462 e. The molecule has 1 saturated carbocycles. The lowest BCUT2D eigenvalue weighted by atomic mass is 9.95. The van der Waals surface area contributed by atoms with Gasteiger partial charge in [0.25, 0.3) is 11.4 Å². The minimum absolute atomic E-state index is 0.0267. The first-order valence-corrected chi connectivity index (χ1v) is 12.8. The predicted octanol–water partition coefficient (Wildman–Crippen LogP) is 0.729. The quantitative estimate of drug-likeness (QED) is 0.259. The molecule has 7 atom stereocenters. The molecule has 4 rings (SSSR count). The molecule has 1 aromatic carbocycles. The number of nitrogens with one attached hydrogen (secondary N) is 2. The molecule has 1 aromatic heterocycles. The molecule has 2 heterocycles. The molecule has 15 heteroatoms. The minimum atomic E-state index is -4.65. The van der Waals surface area contributed by atoms with Crippen molar-refractivity contribution in [2.75, 3.05) is 0 Å². The standard InChI is InChI=1S/C22H27FN3O10P/c1-12(2)33-16(28)13(3)25-37(32,35-14-8-6-5-7-9-14)36-17-21(31)20(4,30)18(34-22(17,21)23)26-11-10-15(27)24-19(26)29/h5-13,17-18,30-31H,1-4H3,(H,25,32)(H,24,27,29)/t13?,17?,18-,20+,21+,22-,37-/m1/s1. The van der Waals surface area contributed by atoms with Gasteiger partial charge in [0.1, 0.15) is 17.4 Å². The highest BCUT2D eigenvalue weighted by atomic mass is 31.2. The number of aliphatic hydroxyl groups is 2. The van der Waals surface area contributed by atoms with Crippen LogP contribution in [0.4, 0.5) is 4.39 Å². The van der Waals surface area contributed by atoms with Crippen LogP contribution in [0.3, 0.4) is 0 Å². The van der Waals surface area contributed by atoms with Gasteiger partial charge in [-0.05, 0) is 39.8 Å². The van der Waals surface area contributed by atoms with Crippen molar-refractivity contribution >= 4 is 13.7 Å². The van der Waals surface area contributed by atoms with Crippen LogP contribution in [0.2, 0.25) is 0 Å². The molecule has 0 radical (unpaired) electrons. The molecule has 37 heavy (non-hydrogen) atoms. The Labute approximate surface area is 209 Å². The number of esters is 1. The van der Waals surface area contributed by atoms with Crippen molar-refractivity contribution in [1.29, 1.82) is 0 Å². The third kappa shape index (κ3) is 4.54. The molecule has 0 spiro atoms. The van der Waals surface area contributed by atoms with Crippen LogP contribution in [0.5, 0.6) is 5.75 Å². The zero-order valence-electron chi connectivity index (χ0n) is 20.3. The first-order valence-electron chi connectivity index (χ1n) is 11.3. The number of rotatable bonds is 9. The Morgan fingerprint density at radius 2 is 1.86 bits per heavy atom. The van der Waals surface area contributed by atoms with E-state index in [2.05, 4.69) is 5.09 Å². The van der Waals surface area contributed by atoms with E-state index in [1.54, 1.807) is 32.0 Å². The maximum atomic E-state index is 15.9. The van der Waals surface area contributed by atoms with E-state index >= 15 is 4.39 Å². The molecule has 2 fully saturated rings. The third-order valence-electron chi connectivity index (χ3n) is 6.06. The monoisotopic (exact) mass is 543 g/mol. The van der Waals surface area contributed by atoms with Gasteiger partial charge in [-0.15, -0.1) is 0 Å². The Kier molecular flexibility index (Phi) is 6.72. The number of hydrogen-bond donors (Lipinski definition) is 4. The van der Waals surface area contributed by atoms with Crippen molar-refractivity contribution < 1.29 is 42.5 Å². The molecule has 202 valence electrons. The highest BCUT2D eigenvalue weighted by molar-refractivity contribution is 7.52. The average molecular weight is 543 g/mol. The fourth-order valence-electron chi connectivity index (χ4n) is 4.14. The number of aromatic nitrogens is 2. The summed E-state index contributed by atoms with van der Waals surface area (Å²) in [5, 5.41) is 24.6. The van der Waals surface area contributed by atoms with Crippen LogP contribution in [0.1, 0.15) is 33.9 Å². The summed E-state index contributed by atoms with van der Waals surface area (Å²) in [5.74, 6) is -3.92. The van der Waals surface area contributed by atoms with Crippen LogP contribution in [0, 0.1) is 0 Å². The van der Waals surface area contributed by atoms with Crippen LogP contribution < -0.4 is 20.9 Å². The van der Waals surface area contributed by atoms with Crippen LogP contribution in [0.15, 0.2) is 52.2 Å². The fraction of sp³-hybridized carbons (Fsp3) is 0.500. The van der Waals surface area contributed by atoms with Gasteiger partial charge in [-0.25, -0.2) is 13.8 Å². The number of aromatic amines is 1. The summed E-state index contributed by atoms with van der Waals surface area (Å²) in [6, 6.07) is 7.32. The molecule has 1 aliphatic heterocycles. The van der Waals surface area contributed by atoms with Gasteiger partial charge in [0.2, 0.25) is 0 Å². The summed E-state index contributed by atoms with van der Waals surface area (Å²) >= 11 is 0. The summed E-state index contributed by atoms with van der Waals surface area (Å²) in [4.78, 5) is 37.8. The highest BCUT2D eigenvalue weighted by Gasteiger charge is 2.95. The van der Waals surface area contributed by atoms with E-state index < -0.39 is 66.5 Å². The summed E-state index contributed by atoms with van der Waals surface area (Å²) in [6.07, 6.45) is -3.38. The second-order valence-electron chi connectivity index (χ2n) is 9.27. The lowest BCUT2D eigenvalue weighted by Gasteiger charge is -2.33. The number of para-hydroxylation sites is 1. The number of fused-ring (bicyclic) bond motifs is 1. The van der Waals surface area contributed by atoms with Gasteiger partial charge in [-0.1, -0.05) is 18.2 Å². The topological polar surface area (TPSA) is 178 Å². The Morgan fingerprint density at radius 1 is 1.22 bits per heavy atom. The number of halogens is 1. The number of hydrogen-bond acceptors (Lipinski definition) is 10. The summed E-state index contributed by atoms with van der Waals surface area (Å²) < 4.78 is 51.4. The normalized spacial score (nSPS) is 32.9. The van der Waals surface area contributed by atoms with Gasteiger partial charge in [-0.3, -0.25) is 23.7 Å². The maximum Gasteiger partial charge on any atom is 0.460 e. The number of H-pyrrole nitrogens is 1. The van der Waals surface area contributed by atoms with E-state index in [4.69, 9.17) is 18.5 Å². The van der Waals surface area contributed by atoms with Gasteiger partial charge >= 0.3 is 19.4 Å². The van der Waals surface area contributed by atoms with E-state index in [0.29, 0.717) is 4.57 Å². The van der Waals surface area contributed by atoms with E-state index in [-0.39, 0.29) is 5.75 Å². The van der Waals surface area contributed by atoms with Crippen LogP contribution in [-0.2, 0) is 23.4 Å². The largest absolute Gasteiger partial charge is 0.462 e. The molecule has 0 bridgehead atoms. The zero-order chi connectivity index (χ0) is 27.4. The molecule has 13 nitrogen and oxygen atoms in total. The first-order chi connectivity index (χ1) is 17.1. The SMILES string of the molecule is CC(C)OC(=O)C(C)N[P@@](=O)(Oc1ccccc1)OC1[C@]2(O)[C@@](C)(O)[C@H](n3ccc(=O)[nH]c3=O)O[C@]12F. The molecular formula is C22H27FN3O10P. The van der Waals surface area contributed by atoms with Crippen molar-refractivity contribution in [3.8, 4) is 5.75 Å². The van der Waals surface area contributed by atoms with Crippen molar-refractivity contribution in [1.82, 2.24) is 14.6 Å². The van der Waals surface area contributed by atoms with Gasteiger partial charge in [0.15, 0.2) is 17.9 Å². The Bertz CT molecular complexity index is 1350. The molecule has 0 amide bonds. The molecule has 2 aliphatic rings. The second kappa shape index (κ2) is 9.15. The smallest absolute Gasteiger partial charge is 0.460 e. The molecular weight excluding hydrogens is 516 g/mol. The van der Waals surface area contributed by atoms with E-state index in [1.165, 1.54) is 19.1 Å². The summed E-state index contributed by atoms with van der Waals surface area (Å²) in [6.45, 7) is 5.52. The van der Waals surface area contributed by atoms with Gasteiger partial charge in [0, 0.05) is 12.3 Å². The van der Waals surface area contributed by atoms with Crippen LogP contribution in [0.25, 0.3) is 0 Å². The highest BCUT2D eigenvalue weighted by Crippen LogP contribution is 2.71. The van der Waals surface area contributed by atoms with Crippen LogP contribution >= 0.6 is 7.75 Å². The number of carbonyl (C=O) groups is 1. The Hall–Kier alpha value is -2.87. The predicted molar refractivity (Wildman–Crippen MR) is 124 cm³/mol.